The smallest absolute Gasteiger partial charge is 0.0921 e. The van der Waals surface area contributed by atoms with Gasteiger partial charge in [0, 0.05) is 22.8 Å². The van der Waals surface area contributed by atoms with E-state index >= 15 is 0 Å². The van der Waals surface area contributed by atoms with Gasteiger partial charge in [0.05, 0.1) is 28.7 Å². The highest BCUT2D eigenvalue weighted by atomic mass is 35.5. The van der Waals surface area contributed by atoms with Crippen LogP contribution in [-0.2, 0) is 11.3 Å². The molecule has 3 nitrogen and oxygen atoms in total. The lowest BCUT2D eigenvalue weighted by molar-refractivity contribution is 0.130. The molecule has 0 saturated carbocycles. The van der Waals surface area contributed by atoms with Crippen molar-refractivity contribution in [2.75, 3.05) is 6.61 Å². The Kier molecular flexibility index (Phi) is 7.70. The van der Waals surface area contributed by atoms with Crippen LogP contribution in [0.2, 0.25) is 10.0 Å². The Morgan fingerprint density at radius 1 is 1.00 bits per heavy atom. The lowest BCUT2D eigenvalue weighted by Crippen LogP contribution is -2.01. The number of para-hydroxylation sites is 1. The summed E-state index contributed by atoms with van der Waals surface area (Å²) in [7, 11) is 0. The fraction of sp³-hybridized carbons (Fsp3) is 0.286. The summed E-state index contributed by atoms with van der Waals surface area (Å²) in [6.07, 6.45) is 0. The van der Waals surface area contributed by atoms with E-state index in [1.54, 1.807) is 0 Å². The highest BCUT2D eigenvalue weighted by Crippen LogP contribution is 2.32. The topological polar surface area (TPSA) is 27.1 Å². The number of halogens is 2. The molecule has 0 saturated heterocycles. The number of hydrogen-bond acceptors (Lipinski definition) is 2. The summed E-state index contributed by atoms with van der Waals surface area (Å²) in [5.74, 6) is 0. The predicted molar refractivity (Wildman–Crippen MR) is 110 cm³/mol. The Morgan fingerprint density at radius 3 is 2.27 bits per heavy atom. The molecule has 0 N–H and O–H groups in total. The number of nitrogens with zero attached hydrogens (tertiary/aromatic N) is 2. The molecule has 3 rings (SSSR count). The minimum atomic E-state index is 0.473. The lowest BCUT2D eigenvalue weighted by atomic mass is 10.1. The van der Waals surface area contributed by atoms with Gasteiger partial charge in [0.2, 0.25) is 0 Å². The molecule has 0 unspecified atom stereocenters. The summed E-state index contributed by atoms with van der Waals surface area (Å²) in [4.78, 5) is 0. The SMILES string of the molecule is CC.CCOCc1nn(-c2ccccc2Cl)c(-c2ccc(Cl)cc2)c1C. The normalized spacial score (nSPS) is 10.4. The molecule has 1 aromatic heterocycles. The maximum atomic E-state index is 6.40. The van der Waals surface area contributed by atoms with Crippen LogP contribution in [0.1, 0.15) is 32.0 Å². The summed E-state index contributed by atoms with van der Waals surface area (Å²) in [6, 6.07) is 15.4. The zero-order chi connectivity index (χ0) is 19.1. The van der Waals surface area contributed by atoms with Gasteiger partial charge in [0.25, 0.3) is 0 Å². The second kappa shape index (κ2) is 9.77. The van der Waals surface area contributed by atoms with E-state index in [0.717, 1.165) is 28.2 Å². The van der Waals surface area contributed by atoms with E-state index in [2.05, 4.69) is 6.92 Å². The molecule has 0 aliphatic carbocycles. The van der Waals surface area contributed by atoms with Crippen LogP contribution in [0.4, 0.5) is 0 Å². The fourth-order valence-corrected chi connectivity index (χ4v) is 2.96. The zero-order valence-corrected chi connectivity index (χ0v) is 17.1. The van der Waals surface area contributed by atoms with Crippen molar-refractivity contribution in [1.82, 2.24) is 9.78 Å². The highest BCUT2D eigenvalue weighted by Gasteiger charge is 2.18. The third kappa shape index (κ3) is 4.47. The van der Waals surface area contributed by atoms with Gasteiger partial charge in [-0.1, -0.05) is 61.3 Å². The largest absolute Gasteiger partial charge is 0.375 e. The molecule has 0 radical (unpaired) electrons. The summed E-state index contributed by atoms with van der Waals surface area (Å²) in [5.41, 5.74) is 4.85. The number of hydrogen-bond donors (Lipinski definition) is 0. The van der Waals surface area contributed by atoms with Gasteiger partial charge in [-0.25, -0.2) is 4.68 Å². The van der Waals surface area contributed by atoms with Crippen molar-refractivity contribution in [3.63, 3.8) is 0 Å². The summed E-state index contributed by atoms with van der Waals surface area (Å²) >= 11 is 12.4. The monoisotopic (exact) mass is 390 g/mol. The standard InChI is InChI=1S/C19H18Cl2N2O.C2H6/c1-3-24-12-17-13(2)19(14-8-10-15(20)11-9-14)23(22-17)18-7-5-4-6-16(18)21;1-2/h4-11H,3,12H2,1-2H3;1-2H3. The molecule has 0 aliphatic rings. The Labute approximate surface area is 165 Å². The first-order valence-corrected chi connectivity index (χ1v) is 9.54. The number of rotatable bonds is 5. The number of ether oxygens (including phenoxy) is 1. The van der Waals surface area contributed by atoms with Gasteiger partial charge in [-0.15, -0.1) is 0 Å². The zero-order valence-electron chi connectivity index (χ0n) is 15.6. The van der Waals surface area contributed by atoms with Gasteiger partial charge >= 0.3 is 0 Å². The minimum absolute atomic E-state index is 0.473. The fourth-order valence-electron chi connectivity index (χ4n) is 2.62. The Bertz CT molecular complexity index is 842. The van der Waals surface area contributed by atoms with Crippen LogP contribution >= 0.6 is 23.2 Å². The van der Waals surface area contributed by atoms with Crippen LogP contribution < -0.4 is 0 Å². The molecule has 0 amide bonds. The molecule has 1 heterocycles. The number of aromatic nitrogens is 2. The first-order chi connectivity index (χ1) is 12.6. The molecule has 138 valence electrons. The van der Waals surface area contributed by atoms with Crippen LogP contribution in [0.15, 0.2) is 48.5 Å². The lowest BCUT2D eigenvalue weighted by Gasteiger charge is -2.10. The van der Waals surface area contributed by atoms with Gasteiger partial charge < -0.3 is 4.74 Å². The van der Waals surface area contributed by atoms with Crippen molar-refractivity contribution in [3.8, 4) is 16.9 Å². The molecule has 0 spiro atoms. The Balaban J connectivity index is 0.00000117. The van der Waals surface area contributed by atoms with Crippen molar-refractivity contribution < 1.29 is 4.74 Å². The highest BCUT2D eigenvalue weighted by molar-refractivity contribution is 6.32. The molecular weight excluding hydrogens is 367 g/mol. The van der Waals surface area contributed by atoms with Crippen LogP contribution in [0.3, 0.4) is 0 Å². The second-order valence-electron chi connectivity index (χ2n) is 5.43. The van der Waals surface area contributed by atoms with E-state index in [1.165, 1.54) is 0 Å². The maximum absolute atomic E-state index is 6.40. The van der Waals surface area contributed by atoms with E-state index in [-0.39, 0.29) is 0 Å². The van der Waals surface area contributed by atoms with Gasteiger partial charge in [0.1, 0.15) is 0 Å². The molecule has 26 heavy (non-hydrogen) atoms. The second-order valence-corrected chi connectivity index (χ2v) is 6.27. The summed E-state index contributed by atoms with van der Waals surface area (Å²) in [5, 5.41) is 6.11. The first-order valence-electron chi connectivity index (χ1n) is 8.79. The minimum Gasteiger partial charge on any atom is -0.375 e. The van der Waals surface area contributed by atoms with Crippen molar-refractivity contribution >= 4 is 23.2 Å². The predicted octanol–water partition coefficient (Wildman–Crippen LogP) is 6.72. The van der Waals surface area contributed by atoms with Crippen LogP contribution in [0, 0.1) is 6.92 Å². The summed E-state index contributed by atoms with van der Waals surface area (Å²) in [6.45, 7) is 9.15. The third-order valence-electron chi connectivity index (χ3n) is 3.86. The average molecular weight is 391 g/mol. The molecule has 3 aromatic rings. The maximum Gasteiger partial charge on any atom is 0.0921 e. The van der Waals surface area contributed by atoms with Crippen LogP contribution in [0.5, 0.6) is 0 Å². The van der Waals surface area contributed by atoms with Crippen molar-refractivity contribution in [2.24, 2.45) is 0 Å². The average Bonchev–Trinajstić information content (AvgIpc) is 2.99. The quantitative estimate of drug-likeness (QED) is 0.483. The van der Waals surface area contributed by atoms with Crippen molar-refractivity contribution in [1.29, 1.82) is 0 Å². The third-order valence-corrected chi connectivity index (χ3v) is 4.43. The molecule has 0 aliphatic heterocycles. The molecule has 5 heteroatoms. The van der Waals surface area contributed by atoms with Gasteiger partial charge in [0.15, 0.2) is 0 Å². The molecular formula is C21H24Cl2N2O. The van der Waals surface area contributed by atoms with Crippen LogP contribution in [0.25, 0.3) is 16.9 Å². The van der Waals surface area contributed by atoms with E-state index < -0.39 is 0 Å². The summed E-state index contributed by atoms with van der Waals surface area (Å²) < 4.78 is 7.44. The van der Waals surface area contributed by atoms with Gasteiger partial charge in [-0.05, 0) is 38.1 Å². The van der Waals surface area contributed by atoms with E-state index in [0.29, 0.717) is 23.3 Å². The van der Waals surface area contributed by atoms with E-state index in [9.17, 15) is 0 Å². The molecule has 0 atom stereocenters. The molecule has 0 fully saturated rings. The Hall–Kier alpha value is -1.81. The van der Waals surface area contributed by atoms with Crippen LogP contribution in [-0.4, -0.2) is 16.4 Å². The molecule has 2 aromatic carbocycles. The molecule has 0 bridgehead atoms. The van der Waals surface area contributed by atoms with E-state index in [4.69, 9.17) is 33.0 Å². The van der Waals surface area contributed by atoms with E-state index in [1.807, 2.05) is 74.0 Å². The first kappa shape index (κ1) is 20.5. The number of benzene rings is 2. The Morgan fingerprint density at radius 2 is 1.65 bits per heavy atom. The van der Waals surface area contributed by atoms with Gasteiger partial charge in [-0.3, -0.25) is 0 Å². The van der Waals surface area contributed by atoms with Crippen molar-refractivity contribution in [3.05, 3.63) is 69.8 Å². The van der Waals surface area contributed by atoms with Crippen molar-refractivity contribution in [2.45, 2.75) is 34.3 Å². The van der Waals surface area contributed by atoms with Gasteiger partial charge in [-0.2, -0.15) is 5.10 Å².